The zero-order valence-electron chi connectivity index (χ0n) is 3.93. The third-order valence-electron chi connectivity index (χ3n) is 0.509. The molecule has 0 aliphatic carbocycles. The molecular formula is C4H3N3O. The van der Waals surface area contributed by atoms with Crippen molar-refractivity contribution >= 4 is 12.1 Å². The maximum atomic E-state index is 9.86. The smallest absolute Gasteiger partial charge is 0.306 e. The molecule has 0 fully saturated rings. The van der Waals surface area contributed by atoms with Crippen molar-refractivity contribution < 1.29 is 4.79 Å². The van der Waals surface area contributed by atoms with Crippen LogP contribution in [0.25, 0.3) is 5.73 Å². The van der Waals surface area contributed by atoms with Crippen molar-refractivity contribution in [3.8, 4) is 6.07 Å². The summed E-state index contributed by atoms with van der Waals surface area (Å²) in [5.41, 5.74) is 6.29. The molecule has 1 amide bonds. The van der Waals surface area contributed by atoms with E-state index in [1.54, 1.807) is 0 Å². The molecule has 0 radical (unpaired) electrons. The van der Waals surface area contributed by atoms with Gasteiger partial charge in [0.05, 0.1) is 0 Å². The Bertz CT molecular complexity index is 146. The van der Waals surface area contributed by atoms with E-state index in [-0.39, 0.29) is 0 Å². The molecule has 0 aliphatic heterocycles. The van der Waals surface area contributed by atoms with E-state index >= 15 is 0 Å². The second-order valence-corrected chi connectivity index (χ2v) is 0.999. The molecule has 0 rings (SSSR count). The average Bonchev–Trinajstić information content (AvgIpc) is 1.69. The third kappa shape index (κ3) is 1.30. The predicted molar refractivity (Wildman–Crippen MR) is 27.0 cm³/mol. The van der Waals surface area contributed by atoms with Crippen LogP contribution in [0.4, 0.5) is 0 Å². The molecule has 0 spiro atoms. The number of rotatable bonds is 2. The molecule has 0 aromatic carbocycles. The first-order chi connectivity index (χ1) is 3.72. The Hall–Kier alpha value is -1.50. The molecule has 0 saturated heterocycles. The first-order valence-electron chi connectivity index (χ1n) is 1.76. The number of hydrogen-bond acceptors (Lipinski definition) is 3. The summed E-state index contributed by atoms with van der Waals surface area (Å²) in [6, 6.07) is 1.39. The van der Waals surface area contributed by atoms with Crippen molar-refractivity contribution in [2.45, 2.75) is 0 Å². The molecule has 0 unspecified atom stereocenters. The summed E-state index contributed by atoms with van der Waals surface area (Å²) in [6.45, 7) is 0. The van der Waals surface area contributed by atoms with Gasteiger partial charge in [-0.1, -0.05) is 0 Å². The summed E-state index contributed by atoms with van der Waals surface area (Å²) in [4.78, 5) is 9.86. The summed E-state index contributed by atoms with van der Waals surface area (Å²) >= 11 is 0. The van der Waals surface area contributed by atoms with Crippen LogP contribution in [0.5, 0.6) is 0 Å². The Balaban J connectivity index is 3.95. The van der Waals surface area contributed by atoms with Crippen molar-refractivity contribution in [2.75, 3.05) is 0 Å². The lowest BCUT2D eigenvalue weighted by molar-refractivity contribution is -0.111. The van der Waals surface area contributed by atoms with Gasteiger partial charge in [0.1, 0.15) is 0 Å². The molecule has 2 N–H and O–H groups in total. The molecule has 0 aromatic rings. The summed E-state index contributed by atoms with van der Waals surface area (Å²) in [5.74, 6) is -1.55. The maximum Gasteiger partial charge on any atom is 0.306 e. The fourth-order valence-electron chi connectivity index (χ4n) is 0.149. The zero-order chi connectivity index (χ0) is 6.57. The monoisotopic (exact) mass is 109 g/mol. The minimum atomic E-state index is -1.11. The van der Waals surface area contributed by atoms with Gasteiger partial charge in [-0.25, -0.2) is 0 Å². The van der Waals surface area contributed by atoms with Crippen molar-refractivity contribution in [2.24, 2.45) is 0 Å². The molecule has 4 nitrogen and oxygen atoms in total. The minimum Gasteiger partial charge on any atom is -0.623 e. The Morgan fingerprint density at radius 2 is 2.50 bits per heavy atom. The van der Waals surface area contributed by atoms with E-state index in [0.29, 0.717) is 6.21 Å². The van der Waals surface area contributed by atoms with Gasteiger partial charge in [-0.3, -0.25) is 10.2 Å². The largest absolute Gasteiger partial charge is 0.623 e. The van der Waals surface area contributed by atoms with Crippen molar-refractivity contribution in [1.82, 2.24) is 0 Å². The number of amides is 1. The van der Waals surface area contributed by atoms with Crippen molar-refractivity contribution in [3.05, 3.63) is 11.7 Å². The van der Waals surface area contributed by atoms with Gasteiger partial charge in [-0.15, -0.1) is 5.26 Å². The number of nitrogens with one attached hydrogen (secondary N) is 2. The highest BCUT2D eigenvalue weighted by atomic mass is 16.1. The predicted octanol–water partition coefficient (Wildman–Crippen LogP) is 0.313. The molecule has 4 heteroatoms. The van der Waals surface area contributed by atoms with Gasteiger partial charge < -0.3 is 5.73 Å². The Morgan fingerprint density at radius 1 is 2.00 bits per heavy atom. The summed E-state index contributed by atoms with van der Waals surface area (Å²) < 4.78 is 0. The lowest BCUT2D eigenvalue weighted by Crippen LogP contribution is -2.04. The molecule has 8 heavy (non-hydrogen) atoms. The van der Waals surface area contributed by atoms with Crippen LogP contribution >= 0.6 is 0 Å². The van der Waals surface area contributed by atoms with Crippen LogP contribution in [0.15, 0.2) is 0 Å². The van der Waals surface area contributed by atoms with Crippen LogP contribution in [-0.2, 0) is 4.79 Å². The van der Waals surface area contributed by atoms with E-state index in [1.165, 1.54) is 6.07 Å². The van der Waals surface area contributed by atoms with Gasteiger partial charge in [0.25, 0.3) is 5.91 Å². The SMILES string of the molecule is N#C[C+](C=N)C([NH-])=O. The van der Waals surface area contributed by atoms with Crippen LogP contribution in [0, 0.1) is 22.7 Å². The number of hydrogen-bond donors (Lipinski definition) is 1. The normalized spacial score (nSPS) is 6.88. The zero-order valence-corrected chi connectivity index (χ0v) is 3.93. The second kappa shape index (κ2) is 2.64. The van der Waals surface area contributed by atoms with Gasteiger partial charge in [-0.2, -0.15) is 0 Å². The lowest BCUT2D eigenvalue weighted by atomic mass is 10.2. The summed E-state index contributed by atoms with van der Waals surface area (Å²) in [6.07, 6.45) is 0.565. The van der Waals surface area contributed by atoms with Crippen molar-refractivity contribution in [3.63, 3.8) is 0 Å². The quantitative estimate of drug-likeness (QED) is 0.408. The van der Waals surface area contributed by atoms with E-state index < -0.39 is 11.8 Å². The van der Waals surface area contributed by atoms with Crippen LogP contribution in [0.3, 0.4) is 0 Å². The first-order valence-corrected chi connectivity index (χ1v) is 1.76. The first kappa shape index (κ1) is 6.50. The fraction of sp³-hybridized carbons (Fsp3) is 0. The fourth-order valence-corrected chi connectivity index (χ4v) is 0.149. The van der Waals surface area contributed by atoms with Gasteiger partial charge in [0.2, 0.25) is 6.21 Å². The number of nitriles is 1. The molecule has 0 saturated carbocycles. The Labute approximate surface area is 46.4 Å². The number of carbonyl (C=O) groups excluding carboxylic acids is 1. The van der Waals surface area contributed by atoms with Crippen LogP contribution in [-0.4, -0.2) is 12.1 Å². The maximum absolute atomic E-state index is 9.86. The number of carbonyl (C=O) groups is 1. The molecule has 40 valence electrons. The highest BCUT2D eigenvalue weighted by Gasteiger charge is 2.18. The van der Waals surface area contributed by atoms with Crippen molar-refractivity contribution in [1.29, 1.82) is 10.7 Å². The van der Waals surface area contributed by atoms with E-state index in [9.17, 15) is 4.79 Å². The highest BCUT2D eigenvalue weighted by molar-refractivity contribution is 6.14. The minimum absolute atomic E-state index is 0.440. The molecule has 0 aliphatic rings. The Morgan fingerprint density at radius 3 is 2.50 bits per heavy atom. The topological polar surface area (TPSA) is 88.5 Å². The van der Waals surface area contributed by atoms with Crippen LogP contribution < -0.4 is 0 Å². The van der Waals surface area contributed by atoms with E-state index in [1.807, 2.05) is 0 Å². The molecular weight excluding hydrogens is 106 g/mol. The average molecular weight is 109 g/mol. The number of nitrogens with zero attached hydrogens (tertiary/aromatic N) is 1. The lowest BCUT2D eigenvalue weighted by Gasteiger charge is -1.83. The van der Waals surface area contributed by atoms with Crippen LogP contribution in [0.2, 0.25) is 0 Å². The van der Waals surface area contributed by atoms with E-state index in [4.69, 9.17) is 16.4 Å². The summed E-state index contributed by atoms with van der Waals surface area (Å²) in [7, 11) is 0. The van der Waals surface area contributed by atoms with E-state index in [0.717, 1.165) is 0 Å². The molecule has 0 heterocycles. The molecule has 0 bridgehead atoms. The van der Waals surface area contributed by atoms with Crippen LogP contribution in [0.1, 0.15) is 0 Å². The summed E-state index contributed by atoms with van der Waals surface area (Å²) in [5, 5.41) is 14.3. The highest BCUT2D eigenvalue weighted by Crippen LogP contribution is 1.92. The molecule has 0 atom stereocenters. The van der Waals surface area contributed by atoms with Gasteiger partial charge in [0, 0.05) is 0 Å². The van der Waals surface area contributed by atoms with E-state index in [2.05, 4.69) is 0 Å². The van der Waals surface area contributed by atoms with Gasteiger partial charge >= 0.3 is 12.0 Å². The third-order valence-corrected chi connectivity index (χ3v) is 0.509. The molecule has 0 aromatic heterocycles. The van der Waals surface area contributed by atoms with Gasteiger partial charge in [0.15, 0.2) is 0 Å². The standard InChI is InChI=1S/C4H3N3O/c5-1-3(2-6)4(7)8/h1,5H,(H-,7,8). The van der Waals surface area contributed by atoms with Gasteiger partial charge in [-0.05, 0) is 0 Å². The second-order valence-electron chi connectivity index (χ2n) is 0.999. The Kier molecular flexibility index (Phi) is 2.14.